The van der Waals surface area contributed by atoms with Crippen molar-refractivity contribution in [1.82, 2.24) is 15.3 Å². The number of Topliss-reactive ketones (excluding diaryl/α,β-unsaturated/α-hetero) is 1. The third-order valence-corrected chi connectivity index (χ3v) is 3.05. The molecule has 2 rings (SSSR count). The zero-order valence-corrected chi connectivity index (χ0v) is 11.6. The molecule has 1 heterocycles. The molecule has 0 spiro atoms. The predicted molar refractivity (Wildman–Crippen MR) is 74.7 cm³/mol. The van der Waals surface area contributed by atoms with Gasteiger partial charge in [-0.25, -0.2) is 9.97 Å². The van der Waals surface area contributed by atoms with Crippen LogP contribution in [0.5, 0.6) is 0 Å². The topological polar surface area (TPSA) is 72.0 Å². The van der Waals surface area contributed by atoms with Gasteiger partial charge in [-0.15, -0.1) is 0 Å². The molecule has 0 aliphatic rings. The number of halogens is 2. The first-order valence-electron chi connectivity index (χ1n) is 5.62. The fourth-order valence-electron chi connectivity index (χ4n) is 1.49. The summed E-state index contributed by atoms with van der Waals surface area (Å²) in [5.41, 5.74) is -0.0117. The first-order chi connectivity index (χ1) is 9.59. The Morgan fingerprint density at radius 3 is 2.25 bits per heavy atom. The number of nitrogens with one attached hydrogen (secondary N) is 1. The molecule has 0 radical (unpaired) electrons. The fraction of sp³-hybridized carbons (Fsp3) is 0.0769. The van der Waals surface area contributed by atoms with Crippen molar-refractivity contribution in [2.75, 3.05) is 0 Å². The van der Waals surface area contributed by atoms with Crippen molar-refractivity contribution in [3.63, 3.8) is 0 Å². The summed E-state index contributed by atoms with van der Waals surface area (Å²) in [6.45, 7) is 0.0491. The van der Waals surface area contributed by atoms with E-state index in [1.54, 1.807) is 24.5 Å². The SMILES string of the molecule is O=C(NCc1ncccn1)C(=O)c1c(Cl)cccc1Cl. The Kier molecular flexibility index (Phi) is 4.65. The fourth-order valence-corrected chi connectivity index (χ4v) is 2.06. The summed E-state index contributed by atoms with van der Waals surface area (Å²) < 4.78 is 0. The van der Waals surface area contributed by atoms with Crippen LogP contribution in [0.2, 0.25) is 10.0 Å². The number of amides is 1. The summed E-state index contributed by atoms with van der Waals surface area (Å²) >= 11 is 11.8. The summed E-state index contributed by atoms with van der Waals surface area (Å²) in [4.78, 5) is 31.6. The lowest BCUT2D eigenvalue weighted by Crippen LogP contribution is -2.31. The van der Waals surface area contributed by atoms with Gasteiger partial charge in [-0.05, 0) is 18.2 Å². The number of carbonyl (C=O) groups is 2. The molecule has 0 atom stereocenters. The van der Waals surface area contributed by atoms with E-state index in [0.717, 1.165) is 0 Å². The van der Waals surface area contributed by atoms with E-state index in [1.807, 2.05) is 0 Å². The van der Waals surface area contributed by atoms with Crippen LogP contribution in [-0.2, 0) is 11.3 Å². The standard InChI is InChI=1S/C13H9Cl2N3O2/c14-8-3-1-4-9(15)11(8)12(19)13(20)18-7-10-16-5-2-6-17-10/h1-6H,7H2,(H,18,20). The first-order valence-corrected chi connectivity index (χ1v) is 6.37. The zero-order valence-electron chi connectivity index (χ0n) is 10.1. The van der Waals surface area contributed by atoms with Gasteiger partial charge in [-0.3, -0.25) is 9.59 Å². The van der Waals surface area contributed by atoms with Gasteiger partial charge in [-0.1, -0.05) is 29.3 Å². The molecule has 0 saturated heterocycles. The molecule has 1 N–H and O–H groups in total. The molecule has 0 fully saturated rings. The van der Waals surface area contributed by atoms with Gasteiger partial charge in [0.2, 0.25) is 0 Å². The lowest BCUT2D eigenvalue weighted by Gasteiger charge is -2.06. The third kappa shape index (κ3) is 3.31. The molecule has 0 bridgehead atoms. The summed E-state index contributed by atoms with van der Waals surface area (Å²) in [7, 11) is 0. The molecule has 20 heavy (non-hydrogen) atoms. The normalized spacial score (nSPS) is 10.1. The Morgan fingerprint density at radius 1 is 1.05 bits per heavy atom. The van der Waals surface area contributed by atoms with Gasteiger partial charge in [0.15, 0.2) is 0 Å². The number of benzene rings is 1. The first kappa shape index (κ1) is 14.4. The molecule has 0 unspecified atom stereocenters. The van der Waals surface area contributed by atoms with Crippen LogP contribution in [-0.4, -0.2) is 21.7 Å². The van der Waals surface area contributed by atoms with E-state index in [4.69, 9.17) is 23.2 Å². The van der Waals surface area contributed by atoms with Gasteiger partial charge in [0, 0.05) is 12.4 Å². The van der Waals surface area contributed by atoms with Crippen LogP contribution in [0.3, 0.4) is 0 Å². The van der Waals surface area contributed by atoms with Gasteiger partial charge >= 0.3 is 0 Å². The van der Waals surface area contributed by atoms with E-state index in [-0.39, 0.29) is 22.2 Å². The van der Waals surface area contributed by atoms with Crippen molar-refractivity contribution < 1.29 is 9.59 Å². The molecule has 102 valence electrons. The number of rotatable bonds is 4. The van der Waals surface area contributed by atoms with Crippen LogP contribution < -0.4 is 5.32 Å². The maximum absolute atomic E-state index is 12.0. The predicted octanol–water partition coefficient (Wildman–Crippen LogP) is 2.28. The summed E-state index contributed by atoms with van der Waals surface area (Å²) in [5, 5.41) is 2.69. The molecule has 0 aliphatic heterocycles. The number of nitrogens with zero attached hydrogens (tertiary/aromatic N) is 2. The van der Waals surface area contributed by atoms with Crippen molar-refractivity contribution >= 4 is 34.9 Å². The van der Waals surface area contributed by atoms with E-state index in [0.29, 0.717) is 5.82 Å². The quantitative estimate of drug-likeness (QED) is 0.694. The molecule has 2 aromatic rings. The van der Waals surface area contributed by atoms with Crippen LogP contribution in [0.15, 0.2) is 36.7 Å². The van der Waals surface area contributed by atoms with Gasteiger partial charge in [0.25, 0.3) is 11.7 Å². The van der Waals surface area contributed by atoms with Crippen molar-refractivity contribution in [2.45, 2.75) is 6.54 Å². The lowest BCUT2D eigenvalue weighted by molar-refractivity contribution is -0.117. The number of aromatic nitrogens is 2. The van der Waals surface area contributed by atoms with Crippen LogP contribution in [0.4, 0.5) is 0 Å². The Labute approximate surface area is 125 Å². The Bertz CT molecular complexity index is 627. The number of hydrogen-bond donors (Lipinski definition) is 1. The second-order valence-electron chi connectivity index (χ2n) is 3.77. The van der Waals surface area contributed by atoms with Gasteiger partial charge < -0.3 is 5.32 Å². The average molecular weight is 310 g/mol. The molecule has 1 amide bonds. The largest absolute Gasteiger partial charge is 0.342 e. The molecular formula is C13H9Cl2N3O2. The zero-order chi connectivity index (χ0) is 14.5. The highest BCUT2D eigenvalue weighted by molar-refractivity contribution is 6.50. The van der Waals surface area contributed by atoms with E-state index < -0.39 is 11.7 Å². The van der Waals surface area contributed by atoms with Crippen molar-refractivity contribution in [2.24, 2.45) is 0 Å². The minimum atomic E-state index is -0.813. The average Bonchev–Trinajstić information content (AvgIpc) is 2.45. The van der Waals surface area contributed by atoms with E-state index in [9.17, 15) is 9.59 Å². The summed E-state index contributed by atoms with van der Waals surface area (Å²) in [5.74, 6) is -1.21. The van der Waals surface area contributed by atoms with Crippen molar-refractivity contribution in [3.8, 4) is 0 Å². The minimum Gasteiger partial charge on any atom is -0.342 e. The monoisotopic (exact) mass is 309 g/mol. The summed E-state index contributed by atoms with van der Waals surface area (Å²) in [6, 6.07) is 6.24. The number of ketones is 1. The summed E-state index contributed by atoms with van der Waals surface area (Å²) in [6.07, 6.45) is 3.09. The van der Waals surface area contributed by atoms with Gasteiger partial charge in [0.05, 0.1) is 22.2 Å². The number of hydrogen-bond acceptors (Lipinski definition) is 4. The molecular weight excluding hydrogens is 301 g/mol. The second kappa shape index (κ2) is 6.45. The Balaban J connectivity index is 2.08. The Hall–Kier alpha value is -1.98. The number of carbonyl (C=O) groups excluding carboxylic acids is 2. The third-order valence-electron chi connectivity index (χ3n) is 2.42. The van der Waals surface area contributed by atoms with Crippen LogP contribution in [0, 0.1) is 0 Å². The molecule has 0 saturated carbocycles. The van der Waals surface area contributed by atoms with Crippen LogP contribution >= 0.6 is 23.2 Å². The van der Waals surface area contributed by atoms with Gasteiger partial charge in [0.1, 0.15) is 5.82 Å². The van der Waals surface area contributed by atoms with Crippen LogP contribution in [0.1, 0.15) is 16.2 Å². The van der Waals surface area contributed by atoms with Crippen molar-refractivity contribution in [1.29, 1.82) is 0 Å². The van der Waals surface area contributed by atoms with E-state index in [2.05, 4.69) is 15.3 Å². The highest BCUT2D eigenvalue weighted by Gasteiger charge is 2.21. The Morgan fingerprint density at radius 2 is 1.65 bits per heavy atom. The highest BCUT2D eigenvalue weighted by Crippen LogP contribution is 2.24. The molecule has 7 heteroatoms. The lowest BCUT2D eigenvalue weighted by atomic mass is 10.1. The van der Waals surface area contributed by atoms with E-state index in [1.165, 1.54) is 12.1 Å². The highest BCUT2D eigenvalue weighted by atomic mass is 35.5. The molecule has 5 nitrogen and oxygen atoms in total. The maximum Gasteiger partial charge on any atom is 0.292 e. The van der Waals surface area contributed by atoms with Crippen LogP contribution in [0.25, 0.3) is 0 Å². The minimum absolute atomic E-state index is 0.0117. The van der Waals surface area contributed by atoms with Gasteiger partial charge in [-0.2, -0.15) is 0 Å². The smallest absolute Gasteiger partial charge is 0.292 e. The van der Waals surface area contributed by atoms with Crippen molar-refractivity contribution in [3.05, 3.63) is 58.1 Å². The molecule has 1 aromatic heterocycles. The second-order valence-corrected chi connectivity index (χ2v) is 4.59. The maximum atomic E-state index is 12.0. The molecule has 1 aromatic carbocycles. The molecule has 0 aliphatic carbocycles. The van der Waals surface area contributed by atoms with E-state index >= 15 is 0 Å².